The fourth-order valence-corrected chi connectivity index (χ4v) is 2.62. The predicted molar refractivity (Wildman–Crippen MR) is 74.7 cm³/mol. The van der Waals surface area contributed by atoms with E-state index in [-0.39, 0.29) is 24.2 Å². The van der Waals surface area contributed by atoms with Crippen LogP contribution in [-0.2, 0) is 20.7 Å². The Hall–Kier alpha value is -2.18. The van der Waals surface area contributed by atoms with Gasteiger partial charge in [-0.1, -0.05) is 0 Å². The molecule has 1 atom stereocenters. The van der Waals surface area contributed by atoms with Crippen molar-refractivity contribution in [3.8, 4) is 0 Å². The highest BCUT2D eigenvalue weighted by molar-refractivity contribution is 5.81. The van der Waals surface area contributed by atoms with Crippen molar-refractivity contribution >= 4 is 11.9 Å². The van der Waals surface area contributed by atoms with Gasteiger partial charge < -0.3 is 14.6 Å². The number of amides is 1. The first-order chi connectivity index (χ1) is 9.92. The Morgan fingerprint density at radius 2 is 2.14 bits per heavy atom. The van der Waals surface area contributed by atoms with Crippen molar-refractivity contribution in [1.29, 1.82) is 0 Å². The van der Waals surface area contributed by atoms with Gasteiger partial charge in [0.2, 0.25) is 5.91 Å². The Morgan fingerprint density at radius 1 is 1.43 bits per heavy atom. The van der Waals surface area contributed by atoms with Gasteiger partial charge in [0.25, 0.3) is 0 Å². The Labute approximate surface area is 122 Å². The number of H-pyrrole nitrogens is 1. The maximum Gasteiger partial charge on any atom is 0.345 e. The summed E-state index contributed by atoms with van der Waals surface area (Å²) in [6.07, 6.45) is 0.801. The molecular formula is C14H19N3O4. The summed E-state index contributed by atoms with van der Waals surface area (Å²) in [6, 6.07) is 0. The van der Waals surface area contributed by atoms with Gasteiger partial charge in [-0.25, -0.2) is 4.79 Å². The van der Waals surface area contributed by atoms with E-state index < -0.39 is 5.69 Å². The zero-order valence-corrected chi connectivity index (χ0v) is 12.4. The summed E-state index contributed by atoms with van der Waals surface area (Å²) in [6.45, 7) is 4.40. The number of aryl methyl sites for hydroxylation is 2. The van der Waals surface area contributed by atoms with Gasteiger partial charge >= 0.3 is 11.7 Å². The van der Waals surface area contributed by atoms with E-state index in [1.807, 2.05) is 0 Å². The van der Waals surface area contributed by atoms with Crippen molar-refractivity contribution < 1.29 is 14.3 Å². The molecule has 0 radical (unpaired) electrons. The smallest absolute Gasteiger partial charge is 0.345 e. The minimum absolute atomic E-state index is 0.0681. The molecule has 1 aliphatic heterocycles. The van der Waals surface area contributed by atoms with Crippen LogP contribution in [0.1, 0.15) is 23.4 Å². The summed E-state index contributed by atoms with van der Waals surface area (Å²) >= 11 is 0. The Morgan fingerprint density at radius 3 is 2.76 bits per heavy atom. The van der Waals surface area contributed by atoms with Gasteiger partial charge in [-0.2, -0.15) is 4.98 Å². The highest BCUT2D eigenvalue weighted by Crippen LogP contribution is 2.19. The van der Waals surface area contributed by atoms with Crippen molar-refractivity contribution in [3.05, 3.63) is 27.4 Å². The Kier molecular flexibility index (Phi) is 4.40. The van der Waals surface area contributed by atoms with Crippen LogP contribution in [0.25, 0.3) is 0 Å². The molecule has 1 aliphatic rings. The summed E-state index contributed by atoms with van der Waals surface area (Å²) in [5.41, 5.74) is 1.55. The fraction of sp³-hybridized carbons (Fsp3) is 0.571. The number of aromatic amines is 1. The molecule has 7 nitrogen and oxygen atoms in total. The van der Waals surface area contributed by atoms with Crippen molar-refractivity contribution in [1.82, 2.24) is 14.9 Å². The van der Waals surface area contributed by atoms with E-state index in [1.165, 1.54) is 7.11 Å². The first-order valence-electron chi connectivity index (χ1n) is 6.84. The molecule has 1 N–H and O–H groups in total. The second-order valence-corrected chi connectivity index (χ2v) is 5.26. The lowest BCUT2D eigenvalue weighted by Crippen LogP contribution is -2.32. The van der Waals surface area contributed by atoms with Gasteiger partial charge in [0, 0.05) is 30.0 Å². The largest absolute Gasteiger partial charge is 0.469 e. The highest BCUT2D eigenvalue weighted by atomic mass is 16.5. The van der Waals surface area contributed by atoms with Crippen LogP contribution < -0.4 is 5.69 Å². The van der Waals surface area contributed by atoms with Crippen LogP contribution in [0.15, 0.2) is 4.79 Å². The standard InChI is InChI=1S/C14H19N3O4/c1-8-11(9(2)16-14(20)15-8)6-12(18)17-5-4-10(7-17)13(19)21-3/h10H,4-7H2,1-3H3,(H,15,16,20). The highest BCUT2D eigenvalue weighted by Gasteiger charge is 2.31. The van der Waals surface area contributed by atoms with E-state index in [2.05, 4.69) is 9.97 Å². The average Bonchev–Trinajstić information content (AvgIpc) is 2.91. The number of esters is 1. The predicted octanol–water partition coefficient (Wildman–Crippen LogP) is -0.0493. The molecule has 0 aromatic carbocycles. The molecule has 21 heavy (non-hydrogen) atoms. The zero-order valence-electron chi connectivity index (χ0n) is 12.4. The number of nitrogens with zero attached hydrogens (tertiary/aromatic N) is 2. The van der Waals surface area contributed by atoms with Crippen LogP contribution in [0.2, 0.25) is 0 Å². The van der Waals surface area contributed by atoms with E-state index >= 15 is 0 Å². The fourth-order valence-electron chi connectivity index (χ4n) is 2.62. The molecule has 2 heterocycles. The number of likely N-dealkylation sites (tertiary alicyclic amines) is 1. The number of aromatic nitrogens is 2. The summed E-state index contributed by atoms with van der Waals surface area (Å²) in [4.78, 5) is 43.1. The molecule has 2 rings (SSSR count). The van der Waals surface area contributed by atoms with Crippen LogP contribution in [0.4, 0.5) is 0 Å². The van der Waals surface area contributed by atoms with Gasteiger partial charge in [-0.15, -0.1) is 0 Å². The molecule has 0 spiro atoms. The lowest BCUT2D eigenvalue weighted by molar-refractivity contribution is -0.145. The minimum atomic E-state index is -0.409. The topological polar surface area (TPSA) is 92.4 Å². The molecule has 1 unspecified atom stereocenters. The Balaban J connectivity index is 2.06. The van der Waals surface area contributed by atoms with Gasteiger partial charge in [0.1, 0.15) is 0 Å². The van der Waals surface area contributed by atoms with Crippen molar-refractivity contribution in [3.63, 3.8) is 0 Å². The number of nitrogens with one attached hydrogen (secondary N) is 1. The van der Waals surface area contributed by atoms with E-state index in [0.29, 0.717) is 30.9 Å². The maximum absolute atomic E-state index is 12.3. The van der Waals surface area contributed by atoms with E-state index in [0.717, 1.165) is 5.56 Å². The second-order valence-electron chi connectivity index (χ2n) is 5.26. The van der Waals surface area contributed by atoms with Crippen LogP contribution in [0.5, 0.6) is 0 Å². The molecule has 0 saturated carbocycles. The monoisotopic (exact) mass is 293 g/mol. The lowest BCUT2D eigenvalue weighted by Gasteiger charge is -2.17. The SMILES string of the molecule is COC(=O)C1CCN(C(=O)Cc2c(C)nc(=O)[nH]c2C)C1. The number of methoxy groups -OCH3 is 1. The van der Waals surface area contributed by atoms with E-state index in [9.17, 15) is 14.4 Å². The van der Waals surface area contributed by atoms with Crippen LogP contribution in [0, 0.1) is 19.8 Å². The summed E-state index contributed by atoms with van der Waals surface area (Å²) in [5.74, 6) is -0.584. The zero-order chi connectivity index (χ0) is 15.6. The van der Waals surface area contributed by atoms with Crippen LogP contribution in [-0.4, -0.2) is 46.9 Å². The minimum Gasteiger partial charge on any atom is -0.469 e. The lowest BCUT2D eigenvalue weighted by atomic mass is 10.1. The molecule has 0 aliphatic carbocycles. The van der Waals surface area contributed by atoms with Crippen LogP contribution in [0.3, 0.4) is 0 Å². The molecule has 1 aromatic heterocycles. The van der Waals surface area contributed by atoms with Gasteiger partial charge in [0.05, 0.1) is 19.4 Å². The van der Waals surface area contributed by atoms with E-state index in [1.54, 1.807) is 18.7 Å². The number of hydrogen-bond donors (Lipinski definition) is 1. The number of hydrogen-bond acceptors (Lipinski definition) is 5. The molecule has 1 amide bonds. The van der Waals surface area contributed by atoms with Gasteiger partial charge in [-0.3, -0.25) is 9.59 Å². The second kappa shape index (κ2) is 6.07. The third kappa shape index (κ3) is 3.29. The number of carbonyl (C=O) groups excluding carboxylic acids is 2. The van der Waals surface area contributed by atoms with Gasteiger partial charge in [0.15, 0.2) is 0 Å². The molecule has 1 saturated heterocycles. The number of carbonyl (C=O) groups is 2. The van der Waals surface area contributed by atoms with Crippen molar-refractivity contribution in [2.24, 2.45) is 5.92 Å². The summed E-state index contributed by atoms with van der Waals surface area (Å²) < 4.78 is 4.71. The molecular weight excluding hydrogens is 274 g/mol. The number of ether oxygens (including phenoxy) is 1. The first-order valence-corrected chi connectivity index (χ1v) is 6.84. The summed E-state index contributed by atoms with van der Waals surface area (Å²) in [5, 5.41) is 0. The normalized spacial score (nSPS) is 17.9. The maximum atomic E-state index is 12.3. The Bertz CT molecular complexity index is 597. The molecule has 7 heteroatoms. The summed E-state index contributed by atoms with van der Waals surface area (Å²) in [7, 11) is 1.35. The molecule has 0 bridgehead atoms. The van der Waals surface area contributed by atoms with Gasteiger partial charge in [-0.05, 0) is 20.3 Å². The van der Waals surface area contributed by atoms with Crippen molar-refractivity contribution in [2.75, 3.05) is 20.2 Å². The number of rotatable bonds is 3. The average molecular weight is 293 g/mol. The molecule has 1 fully saturated rings. The van der Waals surface area contributed by atoms with Crippen LogP contribution >= 0.6 is 0 Å². The molecule has 1 aromatic rings. The van der Waals surface area contributed by atoms with Crippen molar-refractivity contribution in [2.45, 2.75) is 26.7 Å². The quantitative estimate of drug-likeness (QED) is 0.789. The first kappa shape index (κ1) is 15.2. The third-order valence-electron chi connectivity index (χ3n) is 3.86. The van der Waals surface area contributed by atoms with E-state index in [4.69, 9.17) is 4.74 Å². The third-order valence-corrected chi connectivity index (χ3v) is 3.86. The molecule has 114 valence electrons.